The standard InChI is InChI=1S/C21H18N2O6/c1-12(20(25)22-10-13-6-7-17-18(8-13)28-11-27-17)29-21(26)15-9-19(24)23-16-5-3-2-4-14(15)16/h2-9,12H,10-11H2,1H3,(H,22,25)(H,23,24)/t12-/m0/s1. The van der Waals surface area contributed by atoms with E-state index >= 15 is 0 Å². The van der Waals surface area contributed by atoms with E-state index in [1.807, 2.05) is 6.07 Å². The minimum absolute atomic E-state index is 0.111. The molecule has 8 nitrogen and oxygen atoms in total. The lowest BCUT2D eigenvalue weighted by molar-refractivity contribution is -0.129. The molecule has 4 rings (SSSR count). The third-order valence-electron chi connectivity index (χ3n) is 4.53. The summed E-state index contributed by atoms with van der Waals surface area (Å²) in [7, 11) is 0. The molecule has 8 heteroatoms. The molecule has 0 unspecified atom stereocenters. The largest absolute Gasteiger partial charge is 0.454 e. The highest BCUT2D eigenvalue weighted by Gasteiger charge is 2.21. The lowest BCUT2D eigenvalue weighted by atomic mass is 10.1. The maximum Gasteiger partial charge on any atom is 0.339 e. The van der Waals surface area contributed by atoms with Gasteiger partial charge in [-0.25, -0.2) is 4.79 Å². The van der Waals surface area contributed by atoms with Crippen molar-refractivity contribution in [3.8, 4) is 11.5 Å². The van der Waals surface area contributed by atoms with Crippen LogP contribution in [0.2, 0.25) is 0 Å². The van der Waals surface area contributed by atoms with Crippen LogP contribution in [0.1, 0.15) is 22.8 Å². The van der Waals surface area contributed by atoms with Crippen molar-refractivity contribution in [2.75, 3.05) is 6.79 Å². The van der Waals surface area contributed by atoms with Gasteiger partial charge in [0.25, 0.3) is 5.91 Å². The van der Waals surface area contributed by atoms with Gasteiger partial charge in [-0.3, -0.25) is 9.59 Å². The quantitative estimate of drug-likeness (QED) is 0.642. The number of carbonyl (C=O) groups excluding carboxylic acids is 2. The van der Waals surface area contributed by atoms with Gasteiger partial charge in [0, 0.05) is 23.5 Å². The molecule has 1 aliphatic rings. The van der Waals surface area contributed by atoms with Gasteiger partial charge in [-0.15, -0.1) is 0 Å². The fourth-order valence-corrected chi connectivity index (χ4v) is 3.03. The van der Waals surface area contributed by atoms with Gasteiger partial charge in [0.15, 0.2) is 17.6 Å². The number of benzene rings is 2. The monoisotopic (exact) mass is 394 g/mol. The van der Waals surface area contributed by atoms with Crippen LogP contribution in [0, 0.1) is 0 Å². The van der Waals surface area contributed by atoms with Crippen LogP contribution in [-0.4, -0.2) is 29.8 Å². The van der Waals surface area contributed by atoms with E-state index in [4.69, 9.17) is 14.2 Å². The van der Waals surface area contributed by atoms with Crippen LogP contribution in [0.5, 0.6) is 11.5 Å². The SMILES string of the molecule is C[C@H](OC(=O)c1cc(=O)[nH]c2ccccc12)C(=O)NCc1ccc2c(c1)OCO2. The van der Waals surface area contributed by atoms with E-state index in [1.165, 1.54) is 13.0 Å². The molecule has 0 bridgehead atoms. The van der Waals surface area contributed by atoms with Crippen molar-refractivity contribution in [1.29, 1.82) is 0 Å². The molecule has 0 fully saturated rings. The van der Waals surface area contributed by atoms with Gasteiger partial charge in [0.1, 0.15) is 0 Å². The second-order valence-electron chi connectivity index (χ2n) is 6.55. The molecule has 2 N–H and O–H groups in total. The van der Waals surface area contributed by atoms with Crippen LogP contribution in [0.25, 0.3) is 10.9 Å². The summed E-state index contributed by atoms with van der Waals surface area (Å²) in [6.07, 6.45) is -1.03. The molecule has 2 heterocycles. The fraction of sp³-hybridized carbons (Fsp3) is 0.190. The number of aromatic amines is 1. The maximum absolute atomic E-state index is 12.5. The third kappa shape index (κ3) is 3.91. The van der Waals surface area contributed by atoms with Gasteiger partial charge in [-0.05, 0) is 30.7 Å². The number of ether oxygens (including phenoxy) is 3. The van der Waals surface area contributed by atoms with Crippen LogP contribution in [0.3, 0.4) is 0 Å². The summed E-state index contributed by atoms with van der Waals surface area (Å²) >= 11 is 0. The number of para-hydroxylation sites is 1. The molecule has 1 aliphatic heterocycles. The zero-order chi connectivity index (χ0) is 20.4. The zero-order valence-corrected chi connectivity index (χ0v) is 15.6. The van der Waals surface area contributed by atoms with Crippen molar-refractivity contribution in [2.24, 2.45) is 0 Å². The third-order valence-corrected chi connectivity index (χ3v) is 4.53. The van der Waals surface area contributed by atoms with Crippen LogP contribution in [0.4, 0.5) is 0 Å². The number of fused-ring (bicyclic) bond motifs is 2. The molecular weight excluding hydrogens is 376 g/mol. The Kier molecular flexibility index (Phi) is 4.90. The zero-order valence-electron chi connectivity index (χ0n) is 15.6. The molecule has 0 aliphatic carbocycles. The van der Waals surface area contributed by atoms with Gasteiger partial charge in [0.05, 0.1) is 5.56 Å². The van der Waals surface area contributed by atoms with Gasteiger partial charge >= 0.3 is 5.97 Å². The highest BCUT2D eigenvalue weighted by Crippen LogP contribution is 2.32. The van der Waals surface area contributed by atoms with E-state index < -0.39 is 23.5 Å². The molecule has 1 atom stereocenters. The van der Waals surface area contributed by atoms with Crippen molar-refractivity contribution in [3.05, 3.63) is 70.0 Å². The van der Waals surface area contributed by atoms with Gasteiger partial charge in [0.2, 0.25) is 12.4 Å². The van der Waals surface area contributed by atoms with E-state index in [0.717, 1.165) is 5.56 Å². The molecule has 0 spiro atoms. The summed E-state index contributed by atoms with van der Waals surface area (Å²) in [5, 5.41) is 3.26. The lowest BCUT2D eigenvalue weighted by Crippen LogP contribution is -2.35. The molecule has 0 saturated heterocycles. The van der Waals surface area contributed by atoms with E-state index in [9.17, 15) is 14.4 Å². The number of carbonyl (C=O) groups is 2. The number of hydrogen-bond donors (Lipinski definition) is 2. The topological polar surface area (TPSA) is 107 Å². The summed E-state index contributed by atoms with van der Waals surface area (Å²) in [6, 6.07) is 13.4. The number of esters is 1. The number of hydrogen-bond acceptors (Lipinski definition) is 6. The Labute approximate surface area is 165 Å². The van der Waals surface area contributed by atoms with Crippen LogP contribution in [0.15, 0.2) is 53.3 Å². The molecule has 1 amide bonds. The van der Waals surface area contributed by atoms with Crippen molar-refractivity contribution in [3.63, 3.8) is 0 Å². The minimum atomic E-state index is -1.03. The summed E-state index contributed by atoms with van der Waals surface area (Å²) in [6.45, 7) is 1.89. The van der Waals surface area contributed by atoms with Crippen molar-refractivity contribution in [1.82, 2.24) is 10.3 Å². The Morgan fingerprint density at radius 2 is 1.93 bits per heavy atom. The van der Waals surface area contributed by atoms with Gasteiger partial charge < -0.3 is 24.5 Å². The number of nitrogens with one attached hydrogen (secondary N) is 2. The second kappa shape index (κ2) is 7.67. The van der Waals surface area contributed by atoms with E-state index in [2.05, 4.69) is 10.3 Å². The summed E-state index contributed by atoms with van der Waals surface area (Å²) in [5.41, 5.74) is 1.03. The molecular formula is C21H18N2O6. The molecule has 29 heavy (non-hydrogen) atoms. The van der Waals surface area contributed by atoms with Gasteiger partial charge in [-0.1, -0.05) is 24.3 Å². The highest BCUT2D eigenvalue weighted by molar-refractivity contribution is 6.03. The van der Waals surface area contributed by atoms with Crippen LogP contribution in [-0.2, 0) is 16.1 Å². The first-order chi connectivity index (χ1) is 14.0. The first kappa shape index (κ1) is 18.5. The van der Waals surface area contributed by atoms with Crippen molar-refractivity contribution < 1.29 is 23.8 Å². The van der Waals surface area contributed by atoms with E-state index in [1.54, 1.807) is 36.4 Å². The number of H-pyrrole nitrogens is 1. The average Bonchev–Trinajstić information content (AvgIpc) is 3.19. The molecule has 2 aromatic carbocycles. The predicted octanol–water partition coefficient (Wildman–Crippen LogP) is 2.12. The van der Waals surface area contributed by atoms with Crippen molar-refractivity contribution >= 4 is 22.8 Å². The van der Waals surface area contributed by atoms with Gasteiger partial charge in [-0.2, -0.15) is 0 Å². The smallest absolute Gasteiger partial charge is 0.339 e. The summed E-state index contributed by atoms with van der Waals surface area (Å²) in [4.78, 5) is 39.3. The molecule has 0 saturated carbocycles. The van der Waals surface area contributed by atoms with E-state index in [0.29, 0.717) is 22.4 Å². The maximum atomic E-state index is 12.5. The Morgan fingerprint density at radius 1 is 1.14 bits per heavy atom. The Hall–Kier alpha value is -3.81. The van der Waals surface area contributed by atoms with E-state index in [-0.39, 0.29) is 18.9 Å². The fourth-order valence-electron chi connectivity index (χ4n) is 3.03. The molecule has 148 valence electrons. The Balaban J connectivity index is 1.41. The Bertz CT molecular complexity index is 1150. The Morgan fingerprint density at radius 3 is 2.79 bits per heavy atom. The minimum Gasteiger partial charge on any atom is -0.454 e. The second-order valence-corrected chi connectivity index (χ2v) is 6.55. The number of pyridine rings is 1. The first-order valence-corrected chi connectivity index (χ1v) is 9.00. The number of amides is 1. The molecule has 0 radical (unpaired) electrons. The lowest BCUT2D eigenvalue weighted by Gasteiger charge is -2.14. The average molecular weight is 394 g/mol. The van der Waals surface area contributed by atoms with Crippen molar-refractivity contribution in [2.45, 2.75) is 19.6 Å². The summed E-state index contributed by atoms with van der Waals surface area (Å²) in [5.74, 6) is 0.0908. The van der Waals surface area contributed by atoms with Crippen LogP contribution >= 0.6 is 0 Å². The highest BCUT2D eigenvalue weighted by atomic mass is 16.7. The first-order valence-electron chi connectivity index (χ1n) is 9.00. The number of rotatable bonds is 5. The molecule has 1 aromatic heterocycles. The predicted molar refractivity (Wildman–Crippen MR) is 104 cm³/mol. The number of aromatic nitrogens is 1. The normalized spacial score (nSPS) is 13.1. The summed E-state index contributed by atoms with van der Waals surface area (Å²) < 4.78 is 15.8. The molecule has 3 aromatic rings. The van der Waals surface area contributed by atoms with Crippen LogP contribution < -0.4 is 20.3 Å².